The van der Waals surface area contributed by atoms with Gasteiger partial charge in [0.1, 0.15) is 0 Å². The fourth-order valence-corrected chi connectivity index (χ4v) is 0.911. The van der Waals surface area contributed by atoms with E-state index in [4.69, 9.17) is 10.8 Å². The van der Waals surface area contributed by atoms with E-state index in [1.165, 1.54) is 6.42 Å². The van der Waals surface area contributed by atoms with E-state index < -0.39 is 6.04 Å². The number of ketones is 1. The molecular weight excluding hydrogens is 166 g/mol. The average molecular weight is 178 g/mol. The minimum atomic E-state index is -0.805. The Hall–Kier alpha value is -1.19. The lowest BCUT2D eigenvalue weighted by Gasteiger charge is -2.05. The third kappa shape index (κ3) is 2.97. The number of hydrogen-bond donors (Lipinski definition) is 2. The summed E-state index contributed by atoms with van der Waals surface area (Å²) in [4.78, 5) is 11.2. The van der Waals surface area contributed by atoms with E-state index in [1.54, 1.807) is 0 Å². The van der Waals surface area contributed by atoms with Crippen molar-refractivity contribution in [1.29, 1.82) is 0 Å². The van der Waals surface area contributed by atoms with Gasteiger partial charge in [0.25, 0.3) is 0 Å². The van der Waals surface area contributed by atoms with E-state index in [1.807, 2.05) is 30.3 Å². The minimum absolute atomic E-state index is 0.256. The predicted molar refractivity (Wildman–Crippen MR) is 49.9 cm³/mol. The average Bonchev–Trinajstić information content (AvgIpc) is 2.18. The molecule has 13 heavy (non-hydrogen) atoms. The van der Waals surface area contributed by atoms with Gasteiger partial charge in [-0.05, 0) is 5.56 Å². The molecule has 0 amide bonds. The summed E-state index contributed by atoms with van der Waals surface area (Å²) >= 11 is 0. The standard InChI is InChI=1S/C10H12NO2/c11-9(7-12)10(13)6-8-4-2-1-3-5-8/h1-6,9,12H,7,11H2/t9-/m1/s1. The molecule has 1 aromatic carbocycles. The molecular formula is C10H12NO2. The highest BCUT2D eigenvalue weighted by atomic mass is 16.3. The van der Waals surface area contributed by atoms with E-state index in [9.17, 15) is 4.79 Å². The lowest BCUT2D eigenvalue weighted by Crippen LogP contribution is -2.34. The number of Topliss-reactive ketones (excluding diaryl/α,β-unsaturated/α-hetero) is 1. The molecule has 0 fully saturated rings. The number of nitrogens with two attached hydrogens (primary N) is 1. The maximum atomic E-state index is 11.2. The number of carbonyl (C=O) groups excluding carboxylic acids is 1. The van der Waals surface area contributed by atoms with Crippen LogP contribution in [0.2, 0.25) is 0 Å². The molecule has 3 heteroatoms. The normalized spacial score (nSPS) is 12.5. The Kier molecular flexibility index (Phi) is 3.61. The van der Waals surface area contributed by atoms with Crippen molar-refractivity contribution in [2.75, 3.05) is 6.61 Å². The van der Waals surface area contributed by atoms with Crippen LogP contribution in [0, 0.1) is 6.42 Å². The van der Waals surface area contributed by atoms with E-state index in [2.05, 4.69) is 0 Å². The van der Waals surface area contributed by atoms with Gasteiger partial charge >= 0.3 is 0 Å². The monoisotopic (exact) mass is 178 g/mol. The number of hydrogen-bond acceptors (Lipinski definition) is 3. The zero-order chi connectivity index (χ0) is 9.68. The van der Waals surface area contributed by atoms with Crippen LogP contribution >= 0.6 is 0 Å². The fraction of sp³-hybridized carbons (Fsp3) is 0.200. The SMILES string of the molecule is N[C@H](CO)C(=O)[CH]c1ccccc1. The van der Waals surface area contributed by atoms with Crippen LogP contribution < -0.4 is 5.73 Å². The summed E-state index contributed by atoms with van der Waals surface area (Å²) in [5.41, 5.74) is 6.14. The maximum absolute atomic E-state index is 11.2. The molecule has 0 heterocycles. The van der Waals surface area contributed by atoms with Gasteiger partial charge in [-0.1, -0.05) is 30.3 Å². The molecule has 1 rings (SSSR count). The van der Waals surface area contributed by atoms with Crippen molar-refractivity contribution in [2.45, 2.75) is 6.04 Å². The molecule has 3 nitrogen and oxygen atoms in total. The fourth-order valence-electron chi connectivity index (χ4n) is 0.911. The molecule has 1 radical (unpaired) electrons. The van der Waals surface area contributed by atoms with Crippen molar-refractivity contribution >= 4 is 5.78 Å². The third-order valence-electron chi connectivity index (χ3n) is 1.67. The largest absolute Gasteiger partial charge is 0.394 e. The van der Waals surface area contributed by atoms with Crippen LogP contribution in [0.5, 0.6) is 0 Å². The van der Waals surface area contributed by atoms with Crippen molar-refractivity contribution in [3.8, 4) is 0 Å². The molecule has 0 bridgehead atoms. The second-order valence-electron chi connectivity index (χ2n) is 2.75. The quantitative estimate of drug-likeness (QED) is 0.688. The van der Waals surface area contributed by atoms with Gasteiger partial charge in [-0.15, -0.1) is 0 Å². The van der Waals surface area contributed by atoms with E-state index in [0.29, 0.717) is 0 Å². The number of benzene rings is 1. The van der Waals surface area contributed by atoms with Crippen molar-refractivity contribution in [1.82, 2.24) is 0 Å². The Morgan fingerprint density at radius 1 is 1.46 bits per heavy atom. The molecule has 3 N–H and O–H groups in total. The summed E-state index contributed by atoms with van der Waals surface area (Å²) in [7, 11) is 0. The van der Waals surface area contributed by atoms with Crippen LogP contribution in [0.15, 0.2) is 30.3 Å². The molecule has 0 saturated carbocycles. The molecule has 1 aromatic rings. The summed E-state index contributed by atoms with van der Waals surface area (Å²) in [5, 5.41) is 8.62. The maximum Gasteiger partial charge on any atom is 0.160 e. The van der Waals surface area contributed by atoms with Gasteiger partial charge in [-0.3, -0.25) is 4.79 Å². The third-order valence-corrected chi connectivity index (χ3v) is 1.67. The molecule has 0 aromatic heterocycles. The first-order chi connectivity index (χ1) is 6.24. The number of carbonyl (C=O) groups is 1. The van der Waals surface area contributed by atoms with Crippen molar-refractivity contribution in [2.24, 2.45) is 5.73 Å². The summed E-state index contributed by atoms with van der Waals surface area (Å²) in [6.07, 6.45) is 1.43. The first-order valence-electron chi connectivity index (χ1n) is 4.04. The number of aliphatic hydroxyl groups excluding tert-OH is 1. The lowest BCUT2D eigenvalue weighted by molar-refractivity contribution is -0.117. The van der Waals surface area contributed by atoms with Gasteiger partial charge in [-0.2, -0.15) is 0 Å². The minimum Gasteiger partial charge on any atom is -0.394 e. The van der Waals surface area contributed by atoms with E-state index >= 15 is 0 Å². The smallest absolute Gasteiger partial charge is 0.160 e. The van der Waals surface area contributed by atoms with E-state index in [-0.39, 0.29) is 12.4 Å². The van der Waals surface area contributed by atoms with E-state index in [0.717, 1.165) is 5.56 Å². The lowest BCUT2D eigenvalue weighted by atomic mass is 10.1. The molecule has 69 valence electrons. The summed E-state index contributed by atoms with van der Waals surface area (Å²) in [5.74, 6) is -0.256. The molecule has 0 unspecified atom stereocenters. The Morgan fingerprint density at radius 3 is 2.62 bits per heavy atom. The number of aliphatic hydroxyl groups is 1. The Bertz CT molecular complexity index is 272. The predicted octanol–water partition coefficient (Wildman–Crippen LogP) is 0.128. The molecule has 0 spiro atoms. The Morgan fingerprint density at radius 2 is 2.08 bits per heavy atom. The highest BCUT2D eigenvalue weighted by Gasteiger charge is 2.12. The Balaban J connectivity index is 2.55. The van der Waals surface area contributed by atoms with Crippen LogP contribution in [0.1, 0.15) is 5.56 Å². The highest BCUT2D eigenvalue weighted by molar-refractivity contribution is 5.94. The summed E-state index contributed by atoms with van der Waals surface area (Å²) in [6, 6.07) is 8.35. The van der Waals surface area contributed by atoms with Crippen LogP contribution in [-0.2, 0) is 4.79 Å². The van der Waals surface area contributed by atoms with Gasteiger partial charge in [0.05, 0.1) is 19.1 Å². The second-order valence-corrected chi connectivity index (χ2v) is 2.75. The number of rotatable bonds is 4. The first kappa shape index (κ1) is 9.89. The molecule has 0 aliphatic heterocycles. The molecule has 1 atom stereocenters. The van der Waals surface area contributed by atoms with Gasteiger partial charge in [0, 0.05) is 0 Å². The van der Waals surface area contributed by atoms with Crippen LogP contribution in [-0.4, -0.2) is 23.5 Å². The zero-order valence-corrected chi connectivity index (χ0v) is 7.18. The topological polar surface area (TPSA) is 63.3 Å². The summed E-state index contributed by atoms with van der Waals surface area (Å²) in [6.45, 7) is -0.317. The van der Waals surface area contributed by atoms with Crippen LogP contribution in [0.3, 0.4) is 0 Å². The second kappa shape index (κ2) is 4.74. The van der Waals surface area contributed by atoms with Crippen molar-refractivity contribution in [3.05, 3.63) is 42.3 Å². The molecule has 0 aliphatic carbocycles. The van der Waals surface area contributed by atoms with Crippen molar-refractivity contribution < 1.29 is 9.90 Å². The van der Waals surface area contributed by atoms with Crippen LogP contribution in [0.4, 0.5) is 0 Å². The first-order valence-corrected chi connectivity index (χ1v) is 4.04. The van der Waals surface area contributed by atoms with Gasteiger partial charge in [0.2, 0.25) is 0 Å². The highest BCUT2D eigenvalue weighted by Crippen LogP contribution is 2.03. The molecule has 0 aliphatic rings. The molecule has 0 saturated heterocycles. The van der Waals surface area contributed by atoms with Gasteiger partial charge in [-0.25, -0.2) is 0 Å². The van der Waals surface area contributed by atoms with Gasteiger partial charge < -0.3 is 10.8 Å². The van der Waals surface area contributed by atoms with Crippen molar-refractivity contribution in [3.63, 3.8) is 0 Å². The zero-order valence-electron chi connectivity index (χ0n) is 7.18. The van der Waals surface area contributed by atoms with Crippen LogP contribution in [0.25, 0.3) is 0 Å². The summed E-state index contributed by atoms with van der Waals surface area (Å²) < 4.78 is 0. The Labute approximate surface area is 77.2 Å². The van der Waals surface area contributed by atoms with Gasteiger partial charge in [0.15, 0.2) is 5.78 Å².